The molecule has 1 unspecified atom stereocenters. The minimum absolute atomic E-state index is 0.220. The van der Waals surface area contributed by atoms with Crippen LogP contribution in [0.2, 0.25) is 0 Å². The molecule has 15 nitrogen and oxygen atoms in total. The van der Waals surface area contributed by atoms with Crippen LogP contribution >= 0.6 is 0 Å². The number of carbonyl (C=O) groups is 5. The Morgan fingerprint density at radius 3 is 1.12 bits per heavy atom. The second-order valence-corrected chi connectivity index (χ2v) is 7.93. The largest absolute Gasteiger partial charge is 0.480 e. The van der Waals surface area contributed by atoms with E-state index in [1.54, 1.807) is 19.6 Å². The molecule has 0 aliphatic carbocycles. The Hall–Kier alpha value is -2.85. The van der Waals surface area contributed by atoms with Gasteiger partial charge in [-0.25, -0.2) is 4.79 Å². The topological polar surface area (TPSA) is 211 Å². The van der Waals surface area contributed by atoms with Crippen molar-refractivity contribution in [3.63, 3.8) is 0 Å². The van der Waals surface area contributed by atoms with Gasteiger partial charge in [-0.05, 0) is 0 Å². The number of nitrogens with zero attached hydrogens (tertiary/aromatic N) is 4. The lowest BCUT2D eigenvalue weighted by molar-refractivity contribution is -0.143. The number of aliphatic hydroxyl groups is 1. The molecule has 1 saturated heterocycles. The molecule has 1 atom stereocenters. The molecule has 1 amide bonds. The number of rotatable bonds is 11. The molecule has 1 aliphatic rings. The Labute approximate surface area is 196 Å². The molecule has 6 N–H and O–H groups in total. The van der Waals surface area contributed by atoms with E-state index in [1.165, 1.54) is 0 Å². The summed E-state index contributed by atoms with van der Waals surface area (Å²) < 4.78 is 0. The zero-order chi connectivity index (χ0) is 25.7. The van der Waals surface area contributed by atoms with E-state index >= 15 is 0 Å². The number of aliphatic carboxylic acids is 4. The summed E-state index contributed by atoms with van der Waals surface area (Å²) in [5.74, 6) is -5.24. The highest BCUT2D eigenvalue weighted by atomic mass is 16.4. The summed E-state index contributed by atoms with van der Waals surface area (Å²) in [4.78, 5) is 63.5. The Morgan fingerprint density at radius 2 is 0.882 bits per heavy atom. The van der Waals surface area contributed by atoms with Gasteiger partial charge in [-0.2, -0.15) is 0 Å². The zero-order valence-corrected chi connectivity index (χ0v) is 18.8. The summed E-state index contributed by atoms with van der Waals surface area (Å²) in [6, 6.07) is -1.47. The van der Waals surface area contributed by atoms with Crippen LogP contribution in [0, 0.1) is 0 Å². The molecule has 0 aromatic rings. The van der Waals surface area contributed by atoms with E-state index < -0.39 is 42.4 Å². The number of amides is 1. The molecule has 15 heteroatoms. The number of carboxylic acid groups (broad SMARTS) is 4. The highest BCUT2D eigenvalue weighted by Gasteiger charge is 2.23. The van der Waals surface area contributed by atoms with Gasteiger partial charge in [0, 0.05) is 52.4 Å². The Balaban J connectivity index is 2.97. The van der Waals surface area contributed by atoms with E-state index in [4.69, 9.17) is 15.3 Å². The molecule has 0 radical (unpaired) electrons. The molecule has 0 aromatic heterocycles. The number of hydrogen-bond donors (Lipinski definition) is 6. The van der Waals surface area contributed by atoms with Crippen molar-refractivity contribution in [1.29, 1.82) is 0 Å². The highest BCUT2D eigenvalue weighted by molar-refractivity contribution is 5.84. The zero-order valence-electron chi connectivity index (χ0n) is 18.8. The lowest BCUT2D eigenvalue weighted by Gasteiger charge is -2.33. The monoisotopic (exact) mass is 491 g/mol. The number of nitrogens with one attached hydrogen (secondary N) is 1. The second-order valence-electron chi connectivity index (χ2n) is 7.93. The highest BCUT2D eigenvalue weighted by Crippen LogP contribution is 2.01. The second kappa shape index (κ2) is 15.1. The average molecular weight is 491 g/mol. The maximum atomic E-state index is 12.3. The van der Waals surface area contributed by atoms with Gasteiger partial charge in [0.1, 0.15) is 6.04 Å². The number of carbonyl (C=O) groups excluding carboxylic acids is 1. The molecule has 0 aromatic carbocycles. The summed E-state index contributed by atoms with van der Waals surface area (Å²) in [6.45, 7) is -0.0231. The van der Waals surface area contributed by atoms with Gasteiger partial charge in [0.25, 0.3) is 0 Å². The van der Waals surface area contributed by atoms with Gasteiger partial charge in [-0.3, -0.25) is 38.8 Å². The van der Waals surface area contributed by atoms with Gasteiger partial charge >= 0.3 is 23.9 Å². The standard InChI is InChI=1S/C19H33N5O10/c25-13-14(19(33)34)20-15(26)9-21-1-3-22(10-16(27)28)5-7-24(12-18(31)32)8-6-23(4-2-21)11-17(29)30/h14,25H,1-13H2,(H,20,26)(H,27,28)(H,29,30)(H,31,32)(H,33,34). The number of hydrogen-bond acceptors (Lipinski definition) is 10. The molecular weight excluding hydrogens is 458 g/mol. The molecule has 0 bridgehead atoms. The summed E-state index contributed by atoms with van der Waals surface area (Å²) in [5, 5.41) is 47.9. The van der Waals surface area contributed by atoms with Crippen LogP contribution in [0.5, 0.6) is 0 Å². The first kappa shape index (κ1) is 29.2. The minimum Gasteiger partial charge on any atom is -0.480 e. The lowest BCUT2D eigenvalue weighted by Crippen LogP contribution is -2.51. The third-order valence-corrected chi connectivity index (χ3v) is 5.19. The van der Waals surface area contributed by atoms with E-state index in [0.717, 1.165) is 0 Å². The molecule has 34 heavy (non-hydrogen) atoms. The molecule has 1 heterocycles. The summed E-state index contributed by atoms with van der Waals surface area (Å²) in [7, 11) is 0. The van der Waals surface area contributed by atoms with Crippen molar-refractivity contribution < 1.29 is 49.5 Å². The van der Waals surface area contributed by atoms with Crippen molar-refractivity contribution in [3.05, 3.63) is 0 Å². The Bertz CT molecular complexity index is 690. The molecular formula is C19H33N5O10. The van der Waals surface area contributed by atoms with Crippen molar-refractivity contribution in [2.24, 2.45) is 0 Å². The summed E-state index contributed by atoms with van der Waals surface area (Å²) >= 11 is 0. The fraction of sp³-hybridized carbons (Fsp3) is 0.737. The van der Waals surface area contributed by atoms with Crippen LogP contribution in [0.25, 0.3) is 0 Å². The van der Waals surface area contributed by atoms with Gasteiger partial charge in [-0.1, -0.05) is 0 Å². The Kier molecular flexibility index (Phi) is 13.0. The summed E-state index contributed by atoms with van der Waals surface area (Å²) in [5.41, 5.74) is 0. The van der Waals surface area contributed by atoms with Crippen LogP contribution in [-0.4, -0.2) is 166 Å². The lowest BCUT2D eigenvalue weighted by atomic mass is 10.3. The van der Waals surface area contributed by atoms with E-state index in [2.05, 4.69) is 5.32 Å². The van der Waals surface area contributed by atoms with Gasteiger partial charge in [0.2, 0.25) is 5.91 Å². The van der Waals surface area contributed by atoms with Crippen LogP contribution < -0.4 is 5.32 Å². The third kappa shape index (κ3) is 12.4. The van der Waals surface area contributed by atoms with Crippen LogP contribution in [-0.2, 0) is 24.0 Å². The van der Waals surface area contributed by atoms with Gasteiger partial charge < -0.3 is 30.8 Å². The first-order valence-corrected chi connectivity index (χ1v) is 10.7. The average Bonchev–Trinajstić information content (AvgIpc) is 2.72. The number of aliphatic hydroxyl groups excluding tert-OH is 1. The van der Waals surface area contributed by atoms with E-state index in [0.29, 0.717) is 0 Å². The minimum atomic E-state index is -1.47. The van der Waals surface area contributed by atoms with E-state index in [-0.39, 0.29) is 78.5 Å². The third-order valence-electron chi connectivity index (χ3n) is 5.19. The SMILES string of the molecule is O=C(O)CN1CCN(CC(=O)O)CCN(CC(=O)NC(CO)C(=O)O)CCN(CC(=O)O)CC1. The first-order chi connectivity index (χ1) is 16.0. The van der Waals surface area contributed by atoms with Crippen molar-refractivity contribution in [3.8, 4) is 0 Å². The fourth-order valence-corrected chi connectivity index (χ4v) is 3.41. The molecule has 1 fully saturated rings. The van der Waals surface area contributed by atoms with Crippen molar-refractivity contribution >= 4 is 29.8 Å². The molecule has 1 aliphatic heterocycles. The van der Waals surface area contributed by atoms with E-state index in [9.17, 15) is 34.2 Å². The van der Waals surface area contributed by atoms with Crippen LogP contribution in [0.4, 0.5) is 0 Å². The first-order valence-electron chi connectivity index (χ1n) is 10.7. The smallest absolute Gasteiger partial charge is 0.328 e. The van der Waals surface area contributed by atoms with Crippen LogP contribution in [0.1, 0.15) is 0 Å². The van der Waals surface area contributed by atoms with E-state index in [1.807, 2.05) is 0 Å². The molecule has 0 saturated carbocycles. The van der Waals surface area contributed by atoms with Crippen LogP contribution in [0.15, 0.2) is 0 Å². The maximum absolute atomic E-state index is 12.3. The maximum Gasteiger partial charge on any atom is 0.328 e. The summed E-state index contributed by atoms with van der Waals surface area (Å²) in [6.07, 6.45) is 0. The Morgan fingerprint density at radius 1 is 0.588 bits per heavy atom. The van der Waals surface area contributed by atoms with Crippen molar-refractivity contribution in [1.82, 2.24) is 24.9 Å². The molecule has 194 valence electrons. The fourth-order valence-electron chi connectivity index (χ4n) is 3.41. The van der Waals surface area contributed by atoms with Gasteiger partial charge in [-0.15, -0.1) is 0 Å². The van der Waals surface area contributed by atoms with Crippen molar-refractivity contribution in [2.75, 3.05) is 85.1 Å². The quantitative estimate of drug-likeness (QED) is 0.163. The van der Waals surface area contributed by atoms with Gasteiger partial charge in [0.05, 0.1) is 32.8 Å². The van der Waals surface area contributed by atoms with Gasteiger partial charge in [0.15, 0.2) is 0 Å². The number of carboxylic acids is 4. The molecule has 1 rings (SSSR count). The normalized spacial score (nSPS) is 18.9. The molecule has 0 spiro atoms. The van der Waals surface area contributed by atoms with Crippen molar-refractivity contribution in [2.45, 2.75) is 6.04 Å². The van der Waals surface area contributed by atoms with Crippen LogP contribution in [0.3, 0.4) is 0 Å². The predicted octanol–water partition coefficient (Wildman–Crippen LogP) is -3.98. The predicted molar refractivity (Wildman–Crippen MR) is 115 cm³/mol.